The molecule has 0 saturated carbocycles. The first-order valence-electron chi connectivity index (χ1n) is 8.39. The van der Waals surface area contributed by atoms with E-state index in [1.165, 1.54) is 0 Å². The van der Waals surface area contributed by atoms with E-state index in [0.717, 1.165) is 0 Å². The maximum Gasteiger partial charge on any atom is 0.0659 e. The van der Waals surface area contributed by atoms with Gasteiger partial charge in [0.1, 0.15) is 0 Å². The highest BCUT2D eigenvalue weighted by molar-refractivity contribution is 7.81. The molecule has 0 saturated heterocycles. The molecule has 0 unspecified atom stereocenters. The maximum atomic E-state index is 2.67. The molecule has 0 spiro atoms. The highest BCUT2D eigenvalue weighted by Crippen LogP contribution is 2.21. The zero-order valence-corrected chi connectivity index (χ0v) is 19.2. The summed E-state index contributed by atoms with van der Waals surface area (Å²) in [6.07, 6.45) is 0. The van der Waals surface area contributed by atoms with E-state index in [9.17, 15) is 0 Å². The Hall–Kier alpha value is -0.692. The number of hydrogen-bond acceptors (Lipinski definition) is 0. The van der Waals surface area contributed by atoms with E-state index in [4.69, 9.17) is 0 Å². The molecule has 0 amide bonds. The molecule has 0 aliphatic heterocycles. The highest BCUT2D eigenvalue weighted by Gasteiger charge is 2.48. The van der Waals surface area contributed by atoms with Crippen molar-refractivity contribution in [1.29, 1.82) is 0 Å². The minimum absolute atomic E-state index is 0.613. The molecular formula is C18H30Si4. The van der Waals surface area contributed by atoms with Crippen molar-refractivity contribution < 1.29 is 0 Å². The standard InChI is InChI=1S/C18H30Si4/c1-19(2)20(21(3,4)17-13-9-7-10-14-17)22(5,6)18-15-11-8-12-16-18/h7-16,19-20H,1-6H3. The highest BCUT2D eigenvalue weighted by atomic mass is 29.9. The minimum atomic E-state index is -1.33. The molecule has 0 aromatic heterocycles. The fourth-order valence-electron chi connectivity index (χ4n) is 4.66. The van der Waals surface area contributed by atoms with Crippen LogP contribution in [0.4, 0.5) is 0 Å². The average molecular weight is 359 g/mol. The van der Waals surface area contributed by atoms with E-state index >= 15 is 0 Å². The van der Waals surface area contributed by atoms with E-state index in [-0.39, 0.29) is 0 Å². The Morgan fingerprint density at radius 1 is 0.591 bits per heavy atom. The van der Waals surface area contributed by atoms with Gasteiger partial charge in [0.05, 0.1) is 15.2 Å². The first-order valence-corrected chi connectivity index (χ1v) is 23.0. The molecule has 0 nitrogen and oxygen atoms in total. The van der Waals surface area contributed by atoms with Crippen molar-refractivity contribution >= 4 is 41.2 Å². The van der Waals surface area contributed by atoms with Crippen LogP contribution in [0.5, 0.6) is 0 Å². The third-order valence-electron chi connectivity index (χ3n) is 5.26. The fourth-order valence-corrected chi connectivity index (χ4v) is 84.0. The first kappa shape index (κ1) is 17.7. The summed E-state index contributed by atoms with van der Waals surface area (Å²) in [5.41, 5.74) is 0. The number of hydrogen-bond donors (Lipinski definition) is 0. The number of rotatable bonds is 5. The molecule has 2 aromatic rings. The van der Waals surface area contributed by atoms with Crippen molar-refractivity contribution in [3.63, 3.8) is 0 Å². The molecule has 0 aliphatic carbocycles. The van der Waals surface area contributed by atoms with Gasteiger partial charge in [-0.15, -0.1) is 0 Å². The van der Waals surface area contributed by atoms with Gasteiger partial charge in [-0.05, 0) is 0 Å². The second-order valence-corrected chi connectivity index (χ2v) is 43.5. The van der Waals surface area contributed by atoms with E-state index in [1.807, 2.05) is 0 Å². The van der Waals surface area contributed by atoms with Crippen LogP contribution in [0, 0.1) is 0 Å². The summed E-state index contributed by atoms with van der Waals surface area (Å²) in [4.78, 5) is 0. The molecule has 0 N–H and O–H groups in total. The molecule has 0 fully saturated rings. The van der Waals surface area contributed by atoms with Crippen molar-refractivity contribution in [3.8, 4) is 0 Å². The topological polar surface area (TPSA) is 0 Å². The van der Waals surface area contributed by atoms with Crippen LogP contribution in [0.15, 0.2) is 60.7 Å². The Bertz CT molecular complexity index is 539. The van der Waals surface area contributed by atoms with Crippen LogP contribution < -0.4 is 10.4 Å². The Labute approximate surface area is 141 Å². The van der Waals surface area contributed by atoms with E-state index in [0.29, 0.717) is 0 Å². The van der Waals surface area contributed by atoms with Gasteiger partial charge < -0.3 is 0 Å². The monoisotopic (exact) mass is 358 g/mol. The summed E-state index contributed by atoms with van der Waals surface area (Å²) in [5.74, 6) is 0. The van der Waals surface area contributed by atoms with Crippen molar-refractivity contribution in [1.82, 2.24) is 0 Å². The third kappa shape index (κ3) is 3.45. The Balaban J connectivity index is 2.51. The predicted molar refractivity (Wildman–Crippen MR) is 113 cm³/mol. The zero-order valence-electron chi connectivity index (χ0n) is 14.9. The van der Waals surface area contributed by atoms with Crippen LogP contribution in [-0.4, -0.2) is 30.8 Å². The van der Waals surface area contributed by atoms with Crippen molar-refractivity contribution in [3.05, 3.63) is 60.7 Å². The van der Waals surface area contributed by atoms with E-state index in [2.05, 4.69) is 99.9 Å². The second-order valence-electron chi connectivity index (χ2n) is 7.90. The van der Waals surface area contributed by atoms with Gasteiger partial charge in [-0.3, -0.25) is 0 Å². The lowest BCUT2D eigenvalue weighted by Gasteiger charge is -2.44. The van der Waals surface area contributed by atoms with E-state index in [1.54, 1.807) is 10.4 Å². The lowest BCUT2D eigenvalue weighted by atomic mass is 10.4. The molecule has 22 heavy (non-hydrogen) atoms. The smallest absolute Gasteiger partial charge is 0.0659 e. The van der Waals surface area contributed by atoms with Gasteiger partial charge in [-0.2, -0.15) is 0 Å². The summed E-state index contributed by atoms with van der Waals surface area (Å²) in [6.45, 7) is 15.9. The first-order chi connectivity index (χ1) is 10.3. The summed E-state index contributed by atoms with van der Waals surface area (Å²) >= 11 is 0. The molecule has 118 valence electrons. The molecule has 0 aliphatic rings. The molecule has 0 atom stereocenters. The van der Waals surface area contributed by atoms with Gasteiger partial charge in [-0.1, -0.05) is 110 Å². The molecule has 2 rings (SSSR count). The Morgan fingerprint density at radius 2 is 0.909 bits per heavy atom. The molecule has 0 bridgehead atoms. The summed E-state index contributed by atoms with van der Waals surface area (Å²) in [7, 11) is -4.03. The van der Waals surface area contributed by atoms with Crippen LogP contribution in [0.3, 0.4) is 0 Å². The van der Waals surface area contributed by atoms with Gasteiger partial charge in [0.25, 0.3) is 0 Å². The van der Waals surface area contributed by atoms with Crippen LogP contribution in [-0.2, 0) is 0 Å². The maximum absolute atomic E-state index is 2.67. The predicted octanol–water partition coefficient (Wildman–Crippen LogP) is 3.17. The summed E-state index contributed by atoms with van der Waals surface area (Å²) < 4.78 is 0. The van der Waals surface area contributed by atoms with Gasteiger partial charge in [-0.25, -0.2) is 0 Å². The lowest BCUT2D eigenvalue weighted by molar-refractivity contribution is 1.72. The zero-order chi connectivity index (χ0) is 16.4. The Kier molecular flexibility index (Phi) is 5.48. The number of benzene rings is 2. The SMILES string of the molecule is C[SiH](C)[SiH]([Si](C)(C)c1ccccc1)[Si](C)(C)c1ccccc1. The van der Waals surface area contributed by atoms with Crippen LogP contribution in [0.1, 0.15) is 0 Å². The molecule has 4 heteroatoms. The van der Waals surface area contributed by atoms with Crippen molar-refractivity contribution in [2.75, 3.05) is 0 Å². The molecular weight excluding hydrogens is 329 g/mol. The second kappa shape index (κ2) is 6.82. The van der Waals surface area contributed by atoms with Crippen LogP contribution in [0.2, 0.25) is 39.3 Å². The van der Waals surface area contributed by atoms with Gasteiger partial charge in [0.15, 0.2) is 0 Å². The summed E-state index contributed by atoms with van der Waals surface area (Å²) in [5, 5.41) is 3.40. The average Bonchev–Trinajstić information content (AvgIpc) is 2.48. The van der Waals surface area contributed by atoms with Crippen LogP contribution in [0.25, 0.3) is 0 Å². The van der Waals surface area contributed by atoms with E-state index < -0.39 is 30.8 Å². The van der Waals surface area contributed by atoms with Gasteiger partial charge >= 0.3 is 0 Å². The van der Waals surface area contributed by atoms with Gasteiger partial charge in [0, 0.05) is 15.7 Å². The Morgan fingerprint density at radius 3 is 1.18 bits per heavy atom. The van der Waals surface area contributed by atoms with Crippen molar-refractivity contribution in [2.24, 2.45) is 0 Å². The molecule has 0 radical (unpaired) electrons. The van der Waals surface area contributed by atoms with Crippen molar-refractivity contribution in [2.45, 2.75) is 39.3 Å². The fraction of sp³-hybridized carbons (Fsp3) is 0.333. The third-order valence-corrected chi connectivity index (χ3v) is 68.7. The quantitative estimate of drug-likeness (QED) is 0.720. The normalized spacial score (nSPS) is 12.9. The minimum Gasteiger partial charge on any atom is -0.0747 e. The van der Waals surface area contributed by atoms with Crippen LogP contribution >= 0.6 is 0 Å². The molecule has 0 heterocycles. The molecule has 2 aromatic carbocycles. The largest absolute Gasteiger partial charge is 0.0747 e. The summed E-state index contributed by atoms with van der Waals surface area (Å²) in [6, 6.07) is 23.0. The van der Waals surface area contributed by atoms with Gasteiger partial charge in [0.2, 0.25) is 0 Å². The lowest BCUT2D eigenvalue weighted by Crippen LogP contribution is -2.76.